The third-order valence-electron chi connectivity index (χ3n) is 4.71. The van der Waals surface area contributed by atoms with Crippen molar-refractivity contribution in [3.8, 4) is 23.0 Å². The molecule has 0 saturated carbocycles. The van der Waals surface area contributed by atoms with E-state index in [9.17, 15) is 19.1 Å². The first-order valence-corrected chi connectivity index (χ1v) is 10.4. The van der Waals surface area contributed by atoms with Crippen LogP contribution in [0.15, 0.2) is 73.3 Å². The first-order valence-electron chi connectivity index (χ1n) is 9.55. The third-order valence-corrected chi connectivity index (χ3v) is 5.84. The number of hydrogen-bond acceptors (Lipinski definition) is 6. The molecule has 4 rings (SSSR count). The molecule has 0 atom stereocenters. The summed E-state index contributed by atoms with van der Waals surface area (Å²) in [6.45, 7) is 5.04. The average molecular weight is 448 g/mol. The zero-order valence-electron chi connectivity index (χ0n) is 16.9. The molecule has 5 nitrogen and oxygen atoms in total. The fourth-order valence-corrected chi connectivity index (χ4v) is 4.31. The van der Waals surface area contributed by atoms with Crippen LogP contribution in [0.3, 0.4) is 0 Å². The molecule has 160 valence electrons. The Morgan fingerprint density at radius 3 is 2.53 bits per heavy atom. The van der Waals surface area contributed by atoms with Crippen LogP contribution in [0.1, 0.15) is 20.8 Å². The Morgan fingerprint density at radius 1 is 1.06 bits per heavy atom. The smallest absolute Gasteiger partial charge is 0.335 e. The molecular weight excluding hydrogens is 431 g/mol. The zero-order chi connectivity index (χ0) is 22.8. The molecule has 0 saturated heterocycles. The first kappa shape index (κ1) is 21.3. The van der Waals surface area contributed by atoms with Gasteiger partial charge < -0.3 is 14.6 Å². The van der Waals surface area contributed by atoms with Crippen molar-refractivity contribution in [3.63, 3.8) is 0 Å². The number of ketones is 1. The van der Waals surface area contributed by atoms with Crippen LogP contribution in [0.5, 0.6) is 23.0 Å². The van der Waals surface area contributed by atoms with Gasteiger partial charge in [0.15, 0.2) is 17.2 Å². The zero-order valence-corrected chi connectivity index (χ0v) is 17.7. The minimum atomic E-state index is -0.653. The van der Waals surface area contributed by atoms with Gasteiger partial charge in [0.25, 0.3) is 0 Å². The standard InChI is InChI=1S/C25H17FO5S/c1-3-22(28)30-19-6-4-5-7-20(19)31-24-18-11-9-16(27)13-21(18)32-25(24)23(29)17-10-8-15(26)12-14(17)2/h3-13,27H,1H2,2H3. The highest BCUT2D eigenvalue weighted by Crippen LogP contribution is 2.44. The molecule has 0 aliphatic heterocycles. The predicted molar refractivity (Wildman–Crippen MR) is 120 cm³/mol. The van der Waals surface area contributed by atoms with Gasteiger partial charge in [-0.05, 0) is 61.0 Å². The predicted octanol–water partition coefficient (Wildman–Crippen LogP) is 6.17. The average Bonchev–Trinajstić information content (AvgIpc) is 3.12. The van der Waals surface area contributed by atoms with E-state index in [4.69, 9.17) is 9.47 Å². The van der Waals surface area contributed by atoms with Crippen molar-refractivity contribution in [1.29, 1.82) is 0 Å². The van der Waals surface area contributed by atoms with E-state index in [2.05, 4.69) is 6.58 Å². The van der Waals surface area contributed by atoms with Crippen molar-refractivity contribution in [2.75, 3.05) is 0 Å². The summed E-state index contributed by atoms with van der Waals surface area (Å²) in [5.41, 5.74) is 0.819. The number of para-hydroxylation sites is 2. The van der Waals surface area contributed by atoms with E-state index in [1.165, 1.54) is 30.3 Å². The number of halogens is 1. The molecule has 0 unspecified atom stereocenters. The number of thiophene rings is 1. The van der Waals surface area contributed by atoms with Gasteiger partial charge in [0.1, 0.15) is 16.4 Å². The molecule has 1 N–H and O–H groups in total. The SMILES string of the molecule is C=CC(=O)Oc1ccccc1Oc1c(C(=O)c2ccc(F)cc2C)sc2cc(O)ccc12. The Balaban J connectivity index is 1.85. The van der Waals surface area contributed by atoms with Crippen LogP contribution in [0.4, 0.5) is 4.39 Å². The summed E-state index contributed by atoms with van der Waals surface area (Å²) in [5, 5.41) is 10.5. The van der Waals surface area contributed by atoms with E-state index >= 15 is 0 Å². The lowest BCUT2D eigenvalue weighted by Crippen LogP contribution is -2.05. The van der Waals surface area contributed by atoms with E-state index < -0.39 is 11.8 Å². The molecule has 0 spiro atoms. The minimum Gasteiger partial charge on any atom is -0.508 e. The Bertz CT molecular complexity index is 1370. The Morgan fingerprint density at radius 2 is 1.81 bits per heavy atom. The van der Waals surface area contributed by atoms with Crippen LogP contribution < -0.4 is 9.47 Å². The summed E-state index contributed by atoms with van der Waals surface area (Å²) in [4.78, 5) is 25.4. The number of hydrogen-bond donors (Lipinski definition) is 1. The van der Waals surface area contributed by atoms with E-state index in [1.807, 2.05) is 0 Å². The molecule has 4 aromatic rings. The number of ether oxygens (including phenoxy) is 2. The maximum atomic E-state index is 13.6. The van der Waals surface area contributed by atoms with Crippen LogP contribution in [0.2, 0.25) is 0 Å². The number of fused-ring (bicyclic) bond motifs is 1. The molecule has 0 aliphatic carbocycles. The lowest BCUT2D eigenvalue weighted by atomic mass is 10.0. The molecule has 0 bridgehead atoms. The van der Waals surface area contributed by atoms with Gasteiger partial charge in [-0.3, -0.25) is 4.79 Å². The van der Waals surface area contributed by atoms with Gasteiger partial charge in [0.2, 0.25) is 5.78 Å². The summed E-state index contributed by atoms with van der Waals surface area (Å²) in [7, 11) is 0. The Labute approximate surface area is 187 Å². The van der Waals surface area contributed by atoms with Crippen molar-refractivity contribution in [1.82, 2.24) is 0 Å². The molecule has 0 aliphatic rings. The lowest BCUT2D eigenvalue weighted by molar-refractivity contribution is -0.129. The van der Waals surface area contributed by atoms with Crippen LogP contribution in [0.25, 0.3) is 10.1 Å². The Kier molecular flexibility index (Phi) is 5.75. The number of phenols is 1. The second-order valence-corrected chi connectivity index (χ2v) is 7.96. The van der Waals surface area contributed by atoms with Gasteiger partial charge >= 0.3 is 5.97 Å². The fourth-order valence-electron chi connectivity index (χ4n) is 3.20. The topological polar surface area (TPSA) is 72.8 Å². The summed E-state index contributed by atoms with van der Waals surface area (Å²) in [6.07, 6.45) is 1.03. The first-order chi connectivity index (χ1) is 15.4. The van der Waals surface area contributed by atoms with E-state index in [-0.39, 0.29) is 33.7 Å². The van der Waals surface area contributed by atoms with Crippen molar-refractivity contribution in [3.05, 3.63) is 95.1 Å². The largest absolute Gasteiger partial charge is 0.508 e. The van der Waals surface area contributed by atoms with Crippen molar-refractivity contribution < 1.29 is 28.6 Å². The lowest BCUT2D eigenvalue weighted by Gasteiger charge is -2.12. The second-order valence-electron chi connectivity index (χ2n) is 6.90. The number of aromatic hydroxyl groups is 1. The van der Waals surface area contributed by atoms with Gasteiger partial charge in [-0.15, -0.1) is 11.3 Å². The van der Waals surface area contributed by atoms with Crippen LogP contribution in [0, 0.1) is 12.7 Å². The van der Waals surface area contributed by atoms with E-state index in [1.54, 1.807) is 37.3 Å². The number of rotatable bonds is 6. The third kappa shape index (κ3) is 4.10. The maximum Gasteiger partial charge on any atom is 0.335 e. The molecule has 32 heavy (non-hydrogen) atoms. The van der Waals surface area contributed by atoms with Crippen LogP contribution in [-0.2, 0) is 4.79 Å². The van der Waals surface area contributed by atoms with Crippen LogP contribution >= 0.6 is 11.3 Å². The number of phenolic OH excluding ortho intramolecular Hbond substituents is 1. The summed E-state index contributed by atoms with van der Waals surface area (Å²) < 4.78 is 25.5. The number of carbonyl (C=O) groups excluding carboxylic acids is 2. The van der Waals surface area contributed by atoms with E-state index in [0.717, 1.165) is 17.4 Å². The monoisotopic (exact) mass is 448 g/mol. The maximum absolute atomic E-state index is 13.6. The second kappa shape index (κ2) is 8.64. The molecular formula is C25H17FO5S. The van der Waals surface area contributed by atoms with Crippen molar-refractivity contribution in [2.24, 2.45) is 0 Å². The van der Waals surface area contributed by atoms with Gasteiger partial charge in [-0.25, -0.2) is 9.18 Å². The Hall–Kier alpha value is -3.97. The molecule has 1 heterocycles. The molecule has 7 heteroatoms. The number of aryl methyl sites for hydroxylation is 1. The fraction of sp³-hybridized carbons (Fsp3) is 0.0400. The summed E-state index contributed by atoms with van der Waals surface area (Å²) in [6, 6.07) is 15.1. The van der Waals surface area contributed by atoms with Gasteiger partial charge in [-0.2, -0.15) is 0 Å². The summed E-state index contributed by atoms with van der Waals surface area (Å²) in [5.74, 6) is -0.761. The van der Waals surface area contributed by atoms with Gasteiger partial charge in [-0.1, -0.05) is 18.7 Å². The van der Waals surface area contributed by atoms with Crippen LogP contribution in [-0.4, -0.2) is 16.9 Å². The van der Waals surface area contributed by atoms with Gasteiger partial charge in [0.05, 0.1) is 0 Å². The minimum absolute atomic E-state index is 0.0441. The van der Waals surface area contributed by atoms with Crippen molar-refractivity contribution >= 4 is 33.2 Å². The molecule has 3 aromatic carbocycles. The normalized spacial score (nSPS) is 10.7. The van der Waals surface area contributed by atoms with Crippen molar-refractivity contribution in [2.45, 2.75) is 6.92 Å². The highest BCUT2D eigenvalue weighted by Gasteiger charge is 2.24. The molecule has 0 amide bonds. The highest BCUT2D eigenvalue weighted by atomic mass is 32.1. The number of benzene rings is 3. The highest BCUT2D eigenvalue weighted by molar-refractivity contribution is 7.21. The summed E-state index contributed by atoms with van der Waals surface area (Å²) >= 11 is 1.15. The number of carbonyl (C=O) groups is 2. The number of esters is 1. The molecule has 1 aromatic heterocycles. The molecule has 0 fully saturated rings. The van der Waals surface area contributed by atoms with Gasteiger partial charge in [0, 0.05) is 21.7 Å². The van der Waals surface area contributed by atoms with E-state index in [0.29, 0.717) is 21.2 Å². The quantitative estimate of drug-likeness (QED) is 0.165. The molecule has 0 radical (unpaired) electrons.